The van der Waals surface area contributed by atoms with Gasteiger partial charge in [-0.1, -0.05) is 0 Å². The summed E-state index contributed by atoms with van der Waals surface area (Å²) >= 11 is 0. The molecule has 0 aliphatic rings. The Morgan fingerprint density at radius 2 is 0.875 bits per heavy atom. The number of hydrogen-bond donors (Lipinski definition) is 1. The van der Waals surface area contributed by atoms with Crippen molar-refractivity contribution in [2.24, 2.45) is 0 Å². The molecule has 0 fully saturated rings. The summed E-state index contributed by atoms with van der Waals surface area (Å²) in [6.45, 7) is 18.5. The Labute approximate surface area is 101 Å². The lowest BCUT2D eigenvalue weighted by Gasteiger charge is -2.52. The van der Waals surface area contributed by atoms with E-state index in [1.807, 2.05) is 0 Å². The van der Waals surface area contributed by atoms with E-state index in [0.29, 0.717) is 24.2 Å². The Morgan fingerprint density at radius 3 is 0.875 bits per heavy atom. The minimum atomic E-state index is -0.250. The Bertz CT molecular complexity index is 149. The maximum atomic E-state index is 8.36. The highest BCUT2D eigenvalue weighted by Gasteiger charge is 2.40. The van der Waals surface area contributed by atoms with Gasteiger partial charge >= 0.3 is 0 Å². The Kier molecular flexibility index (Phi) is 8.53. The monoisotopic (exact) mass is 232 g/mol. The molecule has 16 heavy (non-hydrogen) atoms. The van der Waals surface area contributed by atoms with Crippen molar-refractivity contribution in [3.63, 3.8) is 0 Å². The number of hydrogen-bond acceptors (Lipinski definition) is 1. The molecule has 3 nitrogen and oxygen atoms in total. The fourth-order valence-corrected chi connectivity index (χ4v) is 3.58. The van der Waals surface area contributed by atoms with E-state index in [9.17, 15) is 0 Å². The van der Waals surface area contributed by atoms with Crippen molar-refractivity contribution in [1.82, 2.24) is 0 Å². The van der Waals surface area contributed by atoms with E-state index >= 15 is 0 Å². The second-order valence-electron chi connectivity index (χ2n) is 5.37. The molecule has 0 atom stereocenters. The minimum Gasteiger partial charge on any atom is -0.483 e. The van der Waals surface area contributed by atoms with Crippen molar-refractivity contribution < 1.29 is 14.4 Å². The molecule has 0 unspecified atom stereocenters. The Balaban J connectivity index is 0. The number of nitrogens with zero attached hydrogens (tertiary/aromatic N) is 1. The zero-order valence-electron chi connectivity index (χ0n) is 12.2. The molecule has 0 aromatic heterocycles. The van der Waals surface area contributed by atoms with Crippen LogP contribution in [0.15, 0.2) is 0 Å². The van der Waals surface area contributed by atoms with Gasteiger partial charge in [0.25, 0.3) is 6.47 Å². The quantitative estimate of drug-likeness (QED) is 0.597. The van der Waals surface area contributed by atoms with Crippen molar-refractivity contribution in [2.75, 3.05) is 0 Å². The molecule has 98 valence electrons. The maximum Gasteiger partial charge on any atom is 0.290 e. The van der Waals surface area contributed by atoms with Gasteiger partial charge in [0.1, 0.15) is 0 Å². The Hall–Kier alpha value is -0.570. The molecule has 0 aliphatic carbocycles. The molecule has 0 saturated carbocycles. The molecule has 0 radical (unpaired) electrons. The van der Waals surface area contributed by atoms with Crippen LogP contribution in [-0.2, 0) is 4.79 Å². The summed E-state index contributed by atoms with van der Waals surface area (Å²) in [5, 5.41) is 6.89. The summed E-state index contributed by atoms with van der Waals surface area (Å²) in [7, 11) is 0. The van der Waals surface area contributed by atoms with Crippen LogP contribution in [0.3, 0.4) is 0 Å². The molecule has 0 spiro atoms. The van der Waals surface area contributed by atoms with Crippen LogP contribution in [0.1, 0.15) is 55.4 Å². The van der Waals surface area contributed by atoms with E-state index in [4.69, 9.17) is 9.90 Å². The van der Waals surface area contributed by atoms with Crippen LogP contribution >= 0.6 is 0 Å². The average Bonchev–Trinajstić information content (AvgIpc) is 2.01. The second-order valence-corrected chi connectivity index (χ2v) is 5.37. The molecule has 0 saturated heterocycles. The number of quaternary nitrogens is 1. The van der Waals surface area contributed by atoms with Crippen LogP contribution in [0.5, 0.6) is 0 Å². The lowest BCUT2D eigenvalue weighted by Crippen LogP contribution is -2.65. The third-order valence-electron chi connectivity index (χ3n) is 3.58. The summed E-state index contributed by atoms with van der Waals surface area (Å²) < 4.78 is 1.22. The van der Waals surface area contributed by atoms with Crippen molar-refractivity contribution in [3.05, 3.63) is 0 Å². The molecular weight excluding hydrogens is 202 g/mol. The largest absolute Gasteiger partial charge is 0.483 e. The number of carboxylic acid groups (broad SMARTS) is 1. The third-order valence-corrected chi connectivity index (χ3v) is 3.58. The van der Waals surface area contributed by atoms with Crippen molar-refractivity contribution in [2.45, 2.75) is 79.6 Å². The summed E-state index contributed by atoms with van der Waals surface area (Å²) in [5.41, 5.74) is 0. The SMILES string of the molecule is CC(C)[N+](C(C)C)(C(C)C)C(C)C.O=CO. The molecule has 0 amide bonds. The minimum absolute atomic E-state index is 0.250. The van der Waals surface area contributed by atoms with E-state index in [1.54, 1.807) is 0 Å². The predicted octanol–water partition coefficient (Wildman–Crippen LogP) is 3.14. The van der Waals surface area contributed by atoms with Crippen LogP contribution < -0.4 is 0 Å². The van der Waals surface area contributed by atoms with Gasteiger partial charge in [-0.2, -0.15) is 0 Å². The smallest absolute Gasteiger partial charge is 0.290 e. The van der Waals surface area contributed by atoms with Crippen molar-refractivity contribution in [3.8, 4) is 0 Å². The Morgan fingerprint density at radius 1 is 0.750 bits per heavy atom. The van der Waals surface area contributed by atoms with Crippen LogP contribution in [0.25, 0.3) is 0 Å². The molecule has 0 rings (SSSR count). The van der Waals surface area contributed by atoms with Gasteiger partial charge in [-0.15, -0.1) is 0 Å². The molecule has 1 N–H and O–H groups in total. The first kappa shape index (κ1) is 17.8. The molecule has 0 heterocycles. The van der Waals surface area contributed by atoms with Gasteiger partial charge in [0, 0.05) is 0 Å². The normalized spacial score (nSPS) is 12.0. The van der Waals surface area contributed by atoms with Gasteiger partial charge in [0.15, 0.2) is 0 Å². The number of carbonyl (C=O) groups is 1. The lowest BCUT2D eigenvalue weighted by molar-refractivity contribution is -1.00. The van der Waals surface area contributed by atoms with Gasteiger partial charge in [0.2, 0.25) is 0 Å². The highest BCUT2D eigenvalue weighted by Crippen LogP contribution is 2.28. The predicted molar refractivity (Wildman–Crippen MR) is 69.5 cm³/mol. The van der Waals surface area contributed by atoms with Gasteiger partial charge in [0.05, 0.1) is 24.2 Å². The second kappa shape index (κ2) is 7.66. The molecule has 0 aliphatic heterocycles. The fraction of sp³-hybridized carbons (Fsp3) is 0.923. The maximum absolute atomic E-state index is 8.36. The van der Waals surface area contributed by atoms with Gasteiger partial charge < -0.3 is 9.59 Å². The molecule has 0 aromatic rings. The van der Waals surface area contributed by atoms with Crippen molar-refractivity contribution in [1.29, 1.82) is 0 Å². The average molecular weight is 232 g/mol. The third kappa shape index (κ3) is 3.78. The first-order valence-corrected chi connectivity index (χ1v) is 6.15. The van der Waals surface area contributed by atoms with E-state index in [0.717, 1.165) is 0 Å². The first-order valence-electron chi connectivity index (χ1n) is 6.15. The zero-order chi connectivity index (χ0) is 13.5. The highest BCUT2D eigenvalue weighted by molar-refractivity contribution is 5.32. The molecule has 3 heteroatoms. The van der Waals surface area contributed by atoms with E-state index in [-0.39, 0.29) is 6.47 Å². The summed E-state index contributed by atoms with van der Waals surface area (Å²) in [6, 6.07) is 2.83. The number of rotatable bonds is 4. The van der Waals surface area contributed by atoms with E-state index in [2.05, 4.69) is 55.4 Å². The van der Waals surface area contributed by atoms with Gasteiger partial charge in [-0.3, -0.25) is 4.79 Å². The fourth-order valence-electron chi connectivity index (χ4n) is 3.58. The molecular formula is C13H30NO2+. The van der Waals surface area contributed by atoms with Crippen LogP contribution in [0.4, 0.5) is 0 Å². The van der Waals surface area contributed by atoms with E-state index < -0.39 is 0 Å². The first-order chi connectivity index (χ1) is 7.19. The lowest BCUT2D eigenvalue weighted by atomic mass is 10.0. The highest BCUT2D eigenvalue weighted by atomic mass is 16.3. The summed E-state index contributed by atoms with van der Waals surface area (Å²) in [6.07, 6.45) is 0. The summed E-state index contributed by atoms with van der Waals surface area (Å²) in [5.74, 6) is 0. The standard InChI is InChI=1S/C12H28N.CH2O2/c1-9(2)13(10(3)4,11(5)6)12(7)8;2-1-3/h9-12H,1-8H3;1H,(H,2,3)/q+1;. The topological polar surface area (TPSA) is 37.3 Å². The molecule has 0 bridgehead atoms. The molecule has 0 aromatic carbocycles. The van der Waals surface area contributed by atoms with Crippen molar-refractivity contribution >= 4 is 6.47 Å². The van der Waals surface area contributed by atoms with Crippen LogP contribution in [0.2, 0.25) is 0 Å². The van der Waals surface area contributed by atoms with Gasteiger partial charge in [-0.05, 0) is 55.4 Å². The van der Waals surface area contributed by atoms with Gasteiger partial charge in [-0.25, -0.2) is 0 Å². The van der Waals surface area contributed by atoms with Crippen LogP contribution in [-0.4, -0.2) is 40.2 Å². The summed E-state index contributed by atoms with van der Waals surface area (Å²) in [4.78, 5) is 8.36. The zero-order valence-corrected chi connectivity index (χ0v) is 12.2. The van der Waals surface area contributed by atoms with E-state index in [1.165, 1.54) is 4.48 Å². The van der Waals surface area contributed by atoms with Crippen LogP contribution in [0, 0.1) is 0 Å².